The van der Waals surface area contributed by atoms with E-state index in [0.29, 0.717) is 12.5 Å². The lowest BCUT2D eigenvalue weighted by Gasteiger charge is -2.25. The Hall–Kier alpha value is -0.670. The summed E-state index contributed by atoms with van der Waals surface area (Å²) < 4.78 is 0. The molecule has 1 rings (SSSR count). The molecule has 1 aromatic rings. The molecule has 0 aliphatic carbocycles. The first-order valence-electron chi connectivity index (χ1n) is 5.35. The number of Topliss-reactive ketones (excluding diaryl/α,β-unsaturated/α-hetero) is 1. The summed E-state index contributed by atoms with van der Waals surface area (Å²) >= 11 is 1.78. The van der Waals surface area contributed by atoms with E-state index in [4.69, 9.17) is 0 Å². The number of carbonyl (C=O) groups is 1. The Morgan fingerprint density at radius 2 is 2.27 bits per heavy atom. The molecule has 0 unspecified atom stereocenters. The summed E-state index contributed by atoms with van der Waals surface area (Å²) in [6.45, 7) is 7.83. The lowest BCUT2D eigenvalue weighted by molar-refractivity contribution is -0.117. The molecule has 84 valence electrons. The minimum absolute atomic E-state index is 0.270. The van der Waals surface area contributed by atoms with Crippen LogP contribution in [0, 0.1) is 0 Å². The third-order valence-corrected chi connectivity index (χ3v) is 3.28. The highest BCUT2D eigenvalue weighted by atomic mass is 32.1. The number of nitrogens with zero attached hydrogens (tertiary/aromatic N) is 1. The van der Waals surface area contributed by atoms with Crippen molar-refractivity contribution in [1.82, 2.24) is 4.90 Å². The van der Waals surface area contributed by atoms with E-state index in [2.05, 4.69) is 36.3 Å². The number of ketones is 1. The van der Waals surface area contributed by atoms with Crippen LogP contribution in [0.2, 0.25) is 0 Å². The quantitative estimate of drug-likeness (QED) is 0.742. The normalized spacial score (nSPS) is 11.3. The maximum Gasteiger partial charge on any atom is 0.131 e. The third kappa shape index (κ3) is 4.58. The van der Waals surface area contributed by atoms with Gasteiger partial charge in [-0.3, -0.25) is 9.69 Å². The van der Waals surface area contributed by atoms with E-state index in [9.17, 15) is 4.79 Å². The third-order valence-electron chi connectivity index (χ3n) is 2.42. The van der Waals surface area contributed by atoms with Gasteiger partial charge in [0.2, 0.25) is 0 Å². The highest BCUT2D eigenvalue weighted by Gasteiger charge is 2.11. The lowest BCUT2D eigenvalue weighted by Crippen LogP contribution is -2.31. The molecular formula is C12H19NOS. The van der Waals surface area contributed by atoms with Crippen molar-refractivity contribution < 1.29 is 4.79 Å². The molecule has 0 radical (unpaired) electrons. The highest BCUT2D eigenvalue weighted by molar-refractivity contribution is 7.09. The lowest BCUT2D eigenvalue weighted by atomic mass is 10.2. The Balaban J connectivity index is 2.47. The van der Waals surface area contributed by atoms with Gasteiger partial charge in [0, 0.05) is 30.4 Å². The number of hydrogen-bond donors (Lipinski definition) is 0. The number of carbonyl (C=O) groups excluding carboxylic acids is 1. The van der Waals surface area contributed by atoms with E-state index in [1.165, 1.54) is 4.88 Å². The molecular weight excluding hydrogens is 206 g/mol. The van der Waals surface area contributed by atoms with Gasteiger partial charge in [-0.2, -0.15) is 0 Å². The van der Waals surface area contributed by atoms with Gasteiger partial charge < -0.3 is 0 Å². The Morgan fingerprint density at radius 3 is 2.73 bits per heavy atom. The first-order chi connectivity index (χ1) is 7.09. The molecule has 0 aromatic carbocycles. The Kier molecular flexibility index (Phi) is 4.99. The second kappa shape index (κ2) is 6.03. The fourth-order valence-corrected chi connectivity index (χ4v) is 2.15. The van der Waals surface area contributed by atoms with Crippen molar-refractivity contribution in [3.8, 4) is 0 Å². The molecule has 0 bridgehead atoms. The van der Waals surface area contributed by atoms with Crippen LogP contribution in [0.15, 0.2) is 17.5 Å². The molecule has 0 amide bonds. The van der Waals surface area contributed by atoms with Crippen molar-refractivity contribution in [2.75, 3.05) is 6.54 Å². The molecule has 0 saturated carbocycles. The van der Waals surface area contributed by atoms with Gasteiger partial charge in [-0.05, 0) is 32.2 Å². The summed E-state index contributed by atoms with van der Waals surface area (Å²) in [4.78, 5) is 14.7. The standard InChI is InChI=1S/C12H19NOS/c1-10(2)13(7-6-11(3)14)9-12-5-4-8-15-12/h4-5,8,10H,6-7,9H2,1-3H3. The van der Waals surface area contributed by atoms with Crippen LogP contribution in [-0.2, 0) is 11.3 Å². The summed E-state index contributed by atoms with van der Waals surface area (Å²) in [6.07, 6.45) is 0.656. The van der Waals surface area contributed by atoms with Gasteiger partial charge in [-0.25, -0.2) is 0 Å². The van der Waals surface area contributed by atoms with Crippen LogP contribution in [0.25, 0.3) is 0 Å². The molecule has 0 N–H and O–H groups in total. The summed E-state index contributed by atoms with van der Waals surface area (Å²) in [5, 5.41) is 2.10. The Bertz CT molecular complexity index is 293. The topological polar surface area (TPSA) is 20.3 Å². The van der Waals surface area contributed by atoms with Gasteiger partial charge in [0.25, 0.3) is 0 Å². The summed E-state index contributed by atoms with van der Waals surface area (Å²) in [5.74, 6) is 0.270. The first kappa shape index (κ1) is 12.4. The predicted molar refractivity (Wildman–Crippen MR) is 65.2 cm³/mol. The van der Waals surface area contributed by atoms with E-state index >= 15 is 0 Å². The molecule has 0 aliphatic rings. The molecule has 2 nitrogen and oxygen atoms in total. The molecule has 0 fully saturated rings. The van der Waals surface area contributed by atoms with Crippen LogP contribution >= 0.6 is 11.3 Å². The minimum Gasteiger partial charge on any atom is -0.300 e. The zero-order valence-electron chi connectivity index (χ0n) is 9.69. The monoisotopic (exact) mass is 225 g/mol. The van der Waals surface area contributed by atoms with E-state index in [1.54, 1.807) is 18.3 Å². The van der Waals surface area contributed by atoms with Gasteiger partial charge in [0.1, 0.15) is 5.78 Å². The van der Waals surface area contributed by atoms with Crippen molar-refractivity contribution in [2.45, 2.75) is 39.8 Å². The molecule has 0 spiro atoms. The average Bonchev–Trinajstić information content (AvgIpc) is 2.63. The first-order valence-corrected chi connectivity index (χ1v) is 6.23. The van der Waals surface area contributed by atoms with Crippen molar-refractivity contribution in [2.24, 2.45) is 0 Å². The second-order valence-electron chi connectivity index (χ2n) is 4.10. The molecule has 3 heteroatoms. The van der Waals surface area contributed by atoms with E-state index in [-0.39, 0.29) is 5.78 Å². The fourth-order valence-electron chi connectivity index (χ4n) is 1.42. The fraction of sp³-hybridized carbons (Fsp3) is 0.583. The molecule has 15 heavy (non-hydrogen) atoms. The van der Waals surface area contributed by atoms with Crippen LogP contribution in [0.5, 0.6) is 0 Å². The molecule has 0 atom stereocenters. The number of thiophene rings is 1. The Morgan fingerprint density at radius 1 is 1.53 bits per heavy atom. The van der Waals surface area contributed by atoms with E-state index < -0.39 is 0 Å². The van der Waals surface area contributed by atoms with Crippen molar-refractivity contribution in [3.63, 3.8) is 0 Å². The van der Waals surface area contributed by atoms with Gasteiger partial charge >= 0.3 is 0 Å². The minimum atomic E-state index is 0.270. The second-order valence-corrected chi connectivity index (χ2v) is 5.13. The maximum absolute atomic E-state index is 10.9. The Labute approximate surface area is 95.9 Å². The average molecular weight is 225 g/mol. The zero-order chi connectivity index (χ0) is 11.3. The zero-order valence-corrected chi connectivity index (χ0v) is 10.5. The molecule has 0 aliphatic heterocycles. The van der Waals surface area contributed by atoms with Crippen LogP contribution < -0.4 is 0 Å². The largest absolute Gasteiger partial charge is 0.300 e. The predicted octanol–water partition coefficient (Wildman–Crippen LogP) is 2.94. The van der Waals surface area contributed by atoms with Gasteiger partial charge in [0.15, 0.2) is 0 Å². The summed E-state index contributed by atoms with van der Waals surface area (Å²) in [7, 11) is 0. The number of hydrogen-bond acceptors (Lipinski definition) is 3. The summed E-state index contributed by atoms with van der Waals surface area (Å²) in [6, 6.07) is 4.71. The number of rotatable bonds is 6. The molecule has 0 saturated heterocycles. The maximum atomic E-state index is 10.9. The van der Waals surface area contributed by atoms with Gasteiger partial charge in [0.05, 0.1) is 0 Å². The smallest absolute Gasteiger partial charge is 0.131 e. The molecule has 1 aromatic heterocycles. The van der Waals surface area contributed by atoms with Crippen LogP contribution in [0.4, 0.5) is 0 Å². The van der Waals surface area contributed by atoms with Crippen LogP contribution in [-0.4, -0.2) is 23.3 Å². The van der Waals surface area contributed by atoms with Gasteiger partial charge in [-0.15, -0.1) is 11.3 Å². The van der Waals surface area contributed by atoms with Crippen molar-refractivity contribution in [3.05, 3.63) is 22.4 Å². The van der Waals surface area contributed by atoms with E-state index in [0.717, 1.165) is 13.1 Å². The van der Waals surface area contributed by atoms with Crippen molar-refractivity contribution in [1.29, 1.82) is 0 Å². The summed E-state index contributed by atoms with van der Waals surface area (Å²) in [5.41, 5.74) is 0. The van der Waals surface area contributed by atoms with Crippen molar-refractivity contribution >= 4 is 17.1 Å². The van der Waals surface area contributed by atoms with Crippen LogP contribution in [0.3, 0.4) is 0 Å². The highest BCUT2D eigenvalue weighted by Crippen LogP contribution is 2.14. The van der Waals surface area contributed by atoms with Gasteiger partial charge in [-0.1, -0.05) is 6.07 Å². The van der Waals surface area contributed by atoms with Crippen LogP contribution in [0.1, 0.15) is 32.1 Å². The van der Waals surface area contributed by atoms with E-state index in [1.807, 2.05) is 0 Å². The molecule has 1 heterocycles. The SMILES string of the molecule is CC(=O)CCN(Cc1cccs1)C(C)C.